The zero-order valence-corrected chi connectivity index (χ0v) is 11.7. The second-order valence-electron chi connectivity index (χ2n) is 3.88. The first-order chi connectivity index (χ1) is 9.54. The molecule has 0 spiro atoms. The average Bonchev–Trinajstić information content (AvgIpc) is 2.85. The zero-order chi connectivity index (χ0) is 14.5. The molecule has 20 heavy (non-hydrogen) atoms. The van der Waals surface area contributed by atoms with E-state index in [2.05, 4.69) is 10.1 Å². The third-order valence-electron chi connectivity index (χ3n) is 2.38. The van der Waals surface area contributed by atoms with E-state index in [1.165, 1.54) is 29.5 Å². The lowest BCUT2D eigenvalue weighted by atomic mass is 10.2. The normalized spacial score (nSPS) is 10.6. The predicted octanol–water partition coefficient (Wildman–Crippen LogP) is 4.18. The van der Waals surface area contributed by atoms with Gasteiger partial charge in [-0.25, -0.2) is 0 Å². The summed E-state index contributed by atoms with van der Waals surface area (Å²) >= 11 is 7.30. The van der Waals surface area contributed by atoms with Crippen LogP contribution in [0.15, 0.2) is 35.0 Å². The van der Waals surface area contributed by atoms with Gasteiger partial charge in [-0.2, -0.15) is 20.1 Å². The topological polar surface area (TPSA) is 38.3 Å². The van der Waals surface area contributed by atoms with Gasteiger partial charge in [0.05, 0.1) is 11.4 Å². The van der Waals surface area contributed by atoms with E-state index in [0.717, 1.165) is 5.56 Å². The molecule has 2 rings (SSSR count). The molecule has 0 atom stereocenters. The average molecular weight is 318 g/mol. The maximum Gasteiger partial charge on any atom is 0.387 e. The molecule has 0 unspecified atom stereocenters. The number of carbonyl (C=O) groups excluding carboxylic acids is 1. The summed E-state index contributed by atoms with van der Waals surface area (Å²) in [5.74, 6) is -0.334. The Hall–Kier alpha value is -1.66. The maximum atomic E-state index is 12.1. The van der Waals surface area contributed by atoms with Crippen LogP contribution in [0.4, 0.5) is 14.5 Å². The first-order valence-electron chi connectivity index (χ1n) is 5.60. The van der Waals surface area contributed by atoms with E-state index in [0.29, 0.717) is 5.69 Å². The Morgan fingerprint density at radius 1 is 1.40 bits per heavy atom. The van der Waals surface area contributed by atoms with Crippen molar-refractivity contribution < 1.29 is 18.3 Å². The van der Waals surface area contributed by atoms with Gasteiger partial charge < -0.3 is 10.1 Å². The molecular weight excluding hydrogens is 308 g/mol. The van der Waals surface area contributed by atoms with Gasteiger partial charge >= 0.3 is 6.61 Å². The molecule has 106 valence electrons. The Bertz CT molecular complexity index is 590. The van der Waals surface area contributed by atoms with Crippen LogP contribution in [0.3, 0.4) is 0 Å². The minimum atomic E-state index is -2.94. The van der Waals surface area contributed by atoms with Gasteiger partial charge in [0.2, 0.25) is 5.91 Å². The van der Waals surface area contributed by atoms with Crippen LogP contribution in [0.1, 0.15) is 5.56 Å². The molecule has 1 N–H and O–H groups in total. The van der Waals surface area contributed by atoms with E-state index in [1.807, 2.05) is 16.8 Å². The van der Waals surface area contributed by atoms with Crippen molar-refractivity contribution in [3.05, 3.63) is 45.6 Å². The van der Waals surface area contributed by atoms with Gasteiger partial charge in [0.25, 0.3) is 0 Å². The first kappa shape index (κ1) is 14.7. The molecule has 0 radical (unpaired) electrons. The number of ether oxygens (including phenoxy) is 1. The van der Waals surface area contributed by atoms with Crippen molar-refractivity contribution in [1.29, 1.82) is 0 Å². The summed E-state index contributed by atoms with van der Waals surface area (Å²) in [5.41, 5.74) is 1.34. The Labute approximate surface area is 123 Å². The van der Waals surface area contributed by atoms with Crippen LogP contribution in [0.25, 0.3) is 0 Å². The lowest BCUT2D eigenvalue weighted by molar-refractivity contribution is -0.115. The number of alkyl halides is 2. The van der Waals surface area contributed by atoms with Crippen molar-refractivity contribution in [2.75, 3.05) is 5.32 Å². The van der Waals surface area contributed by atoms with E-state index >= 15 is 0 Å². The number of carbonyl (C=O) groups is 1. The van der Waals surface area contributed by atoms with Gasteiger partial charge in [0.1, 0.15) is 5.75 Å². The highest BCUT2D eigenvalue weighted by Crippen LogP contribution is 2.29. The molecule has 1 amide bonds. The van der Waals surface area contributed by atoms with E-state index < -0.39 is 6.61 Å². The van der Waals surface area contributed by atoms with E-state index in [-0.39, 0.29) is 23.1 Å². The van der Waals surface area contributed by atoms with Crippen LogP contribution in [-0.4, -0.2) is 12.5 Å². The number of anilines is 1. The third-order valence-corrected chi connectivity index (χ3v) is 3.40. The summed E-state index contributed by atoms with van der Waals surface area (Å²) in [7, 11) is 0. The largest absolute Gasteiger partial charge is 0.433 e. The second kappa shape index (κ2) is 6.67. The Balaban J connectivity index is 1.99. The summed E-state index contributed by atoms with van der Waals surface area (Å²) in [6, 6.07) is 5.96. The zero-order valence-electron chi connectivity index (χ0n) is 10.1. The molecule has 0 saturated carbocycles. The van der Waals surface area contributed by atoms with Gasteiger partial charge in [-0.3, -0.25) is 4.79 Å². The number of hydrogen-bond acceptors (Lipinski definition) is 3. The summed E-state index contributed by atoms with van der Waals surface area (Å²) in [5, 5.41) is 6.42. The molecule has 0 aliphatic heterocycles. The fraction of sp³-hybridized carbons (Fsp3) is 0.154. The number of amides is 1. The molecule has 0 aliphatic carbocycles. The smallest absolute Gasteiger partial charge is 0.387 e. The van der Waals surface area contributed by atoms with Crippen molar-refractivity contribution in [2.24, 2.45) is 0 Å². The van der Waals surface area contributed by atoms with Crippen molar-refractivity contribution in [3.8, 4) is 5.75 Å². The van der Waals surface area contributed by atoms with Gasteiger partial charge in [-0.1, -0.05) is 11.6 Å². The van der Waals surface area contributed by atoms with E-state index in [9.17, 15) is 13.6 Å². The Morgan fingerprint density at radius 3 is 2.80 bits per heavy atom. The molecule has 0 fully saturated rings. The molecular formula is C13H10ClF2NO2S. The maximum absolute atomic E-state index is 12.1. The van der Waals surface area contributed by atoms with Crippen molar-refractivity contribution in [1.82, 2.24) is 0 Å². The van der Waals surface area contributed by atoms with Crippen LogP contribution < -0.4 is 10.1 Å². The SMILES string of the molecule is O=C(Cc1ccsc1)Nc1ccc(OC(F)F)c(Cl)c1. The monoisotopic (exact) mass is 317 g/mol. The van der Waals surface area contributed by atoms with E-state index in [4.69, 9.17) is 11.6 Å². The first-order valence-corrected chi connectivity index (χ1v) is 6.92. The van der Waals surface area contributed by atoms with Crippen molar-refractivity contribution in [2.45, 2.75) is 13.0 Å². The van der Waals surface area contributed by atoms with Gasteiger partial charge in [0.15, 0.2) is 0 Å². The number of halogens is 3. The molecule has 1 aromatic carbocycles. The summed E-state index contributed by atoms with van der Waals surface area (Å²) < 4.78 is 28.4. The molecule has 2 aromatic rings. The highest BCUT2D eigenvalue weighted by atomic mass is 35.5. The van der Waals surface area contributed by atoms with Crippen LogP contribution in [-0.2, 0) is 11.2 Å². The fourth-order valence-corrected chi connectivity index (χ4v) is 2.45. The third kappa shape index (κ3) is 4.18. The lowest BCUT2D eigenvalue weighted by Crippen LogP contribution is -2.14. The van der Waals surface area contributed by atoms with Crippen LogP contribution in [0, 0.1) is 0 Å². The van der Waals surface area contributed by atoms with Crippen LogP contribution >= 0.6 is 22.9 Å². The van der Waals surface area contributed by atoms with Gasteiger partial charge in [0, 0.05) is 5.69 Å². The minimum absolute atomic E-state index is 0.0126. The Kier molecular flexibility index (Phi) is 4.92. The molecule has 1 heterocycles. The highest BCUT2D eigenvalue weighted by Gasteiger charge is 2.10. The standard InChI is InChI=1S/C13H10ClF2NO2S/c14-10-6-9(1-2-11(10)19-13(15)16)17-12(18)5-8-3-4-20-7-8/h1-4,6-7,13H,5H2,(H,17,18). The molecule has 1 aromatic heterocycles. The van der Waals surface area contributed by atoms with Crippen molar-refractivity contribution in [3.63, 3.8) is 0 Å². The molecule has 7 heteroatoms. The quantitative estimate of drug-likeness (QED) is 0.898. The van der Waals surface area contributed by atoms with Gasteiger partial charge in [-0.05, 0) is 40.6 Å². The fourth-order valence-electron chi connectivity index (χ4n) is 1.55. The Morgan fingerprint density at radius 2 is 2.20 bits per heavy atom. The summed E-state index contributed by atoms with van der Waals surface area (Å²) in [4.78, 5) is 11.8. The highest BCUT2D eigenvalue weighted by molar-refractivity contribution is 7.08. The van der Waals surface area contributed by atoms with Gasteiger partial charge in [-0.15, -0.1) is 0 Å². The number of nitrogens with one attached hydrogen (secondary N) is 1. The van der Waals surface area contributed by atoms with Crippen molar-refractivity contribution >= 4 is 34.5 Å². The molecule has 3 nitrogen and oxygen atoms in total. The lowest BCUT2D eigenvalue weighted by Gasteiger charge is -2.09. The predicted molar refractivity (Wildman–Crippen MR) is 74.7 cm³/mol. The second-order valence-corrected chi connectivity index (χ2v) is 5.07. The van der Waals surface area contributed by atoms with E-state index in [1.54, 1.807) is 0 Å². The summed E-state index contributed by atoms with van der Waals surface area (Å²) in [6.07, 6.45) is 0.246. The summed E-state index contributed by atoms with van der Waals surface area (Å²) in [6.45, 7) is -2.94. The molecule has 0 saturated heterocycles. The number of thiophene rings is 1. The van der Waals surface area contributed by atoms with Crippen LogP contribution in [0.2, 0.25) is 5.02 Å². The minimum Gasteiger partial charge on any atom is -0.433 e. The number of rotatable bonds is 5. The molecule has 0 aliphatic rings. The number of hydrogen-bond donors (Lipinski definition) is 1. The van der Waals surface area contributed by atoms with Crippen LogP contribution in [0.5, 0.6) is 5.75 Å². The number of benzene rings is 1. The molecule has 0 bridgehead atoms.